The van der Waals surface area contributed by atoms with Gasteiger partial charge in [0, 0.05) is 43.8 Å². The predicted molar refractivity (Wildman–Crippen MR) is 131 cm³/mol. The molecule has 3 rings (SSSR count). The third kappa shape index (κ3) is 7.03. The van der Waals surface area contributed by atoms with E-state index in [9.17, 15) is 9.59 Å². The molecule has 0 bridgehead atoms. The fraction of sp³-hybridized carbons (Fsp3) is 0.440. The minimum atomic E-state index is -0.143. The van der Waals surface area contributed by atoms with Gasteiger partial charge in [-0.2, -0.15) is 10.1 Å². The molecule has 0 unspecified atom stereocenters. The molecule has 8 heteroatoms. The lowest BCUT2D eigenvalue weighted by Gasteiger charge is -2.24. The molecule has 0 spiro atoms. The molecule has 2 heterocycles. The minimum absolute atomic E-state index is 0.143. The molecule has 176 valence electrons. The summed E-state index contributed by atoms with van der Waals surface area (Å²) in [5.74, 6) is 0.708. The summed E-state index contributed by atoms with van der Waals surface area (Å²) in [6, 6.07) is 11.9. The molecule has 1 aromatic heterocycles. The lowest BCUT2D eigenvalue weighted by atomic mass is 10.2. The molecule has 1 aromatic carbocycles. The van der Waals surface area contributed by atoms with E-state index < -0.39 is 0 Å². The third-order valence-electron chi connectivity index (χ3n) is 5.29. The highest BCUT2D eigenvalue weighted by Gasteiger charge is 2.28. The van der Waals surface area contributed by atoms with Gasteiger partial charge in [-0.25, -0.2) is 0 Å². The second kappa shape index (κ2) is 12.0. The number of carbonyl (C=O) groups excluding carboxylic acids is 2. The van der Waals surface area contributed by atoms with Crippen molar-refractivity contribution in [2.24, 2.45) is 5.10 Å². The number of hydrogen-bond acceptors (Lipinski definition) is 7. The molecule has 0 aliphatic carbocycles. The number of nitrogens with zero attached hydrogens (tertiary/aromatic N) is 4. The zero-order chi connectivity index (χ0) is 23.6. The standard InChI is InChI=1S/C25H33N5O3/c1-4-11-29(12-5-2)21-16-22(28-26-18-20-8-6-7-19(3)15-20)27-23(17-21)33-14-13-30-24(31)9-10-25(30)32/h6-8,15-18H,4-5,9-14H2,1-3H3,(H,27,28)/b26-18+. The number of ether oxygens (including phenoxy) is 1. The zero-order valence-electron chi connectivity index (χ0n) is 19.7. The van der Waals surface area contributed by atoms with Crippen LogP contribution in [0.2, 0.25) is 0 Å². The Hall–Kier alpha value is -3.42. The quantitative estimate of drug-likeness (QED) is 0.298. The molecule has 0 radical (unpaired) electrons. The molecule has 33 heavy (non-hydrogen) atoms. The number of amides is 2. The van der Waals surface area contributed by atoms with Crippen LogP contribution in [0, 0.1) is 6.92 Å². The van der Waals surface area contributed by atoms with E-state index in [4.69, 9.17) is 4.74 Å². The van der Waals surface area contributed by atoms with Crippen molar-refractivity contribution in [3.63, 3.8) is 0 Å². The van der Waals surface area contributed by atoms with Crippen molar-refractivity contribution < 1.29 is 14.3 Å². The molecular weight excluding hydrogens is 418 g/mol. The van der Waals surface area contributed by atoms with Gasteiger partial charge in [0.2, 0.25) is 17.7 Å². The highest BCUT2D eigenvalue weighted by Crippen LogP contribution is 2.25. The molecule has 1 N–H and O–H groups in total. The monoisotopic (exact) mass is 451 g/mol. The average Bonchev–Trinajstić information content (AvgIpc) is 3.11. The Morgan fingerprint density at radius 1 is 1.12 bits per heavy atom. The third-order valence-corrected chi connectivity index (χ3v) is 5.29. The number of pyridine rings is 1. The SMILES string of the molecule is CCCN(CCC)c1cc(N/N=C/c2cccc(C)c2)nc(OCCN2C(=O)CCC2=O)c1. The highest BCUT2D eigenvalue weighted by molar-refractivity contribution is 6.01. The molecule has 1 fully saturated rings. The molecular formula is C25H33N5O3. The van der Waals surface area contributed by atoms with Gasteiger partial charge in [-0.15, -0.1) is 0 Å². The van der Waals surface area contributed by atoms with Gasteiger partial charge in [-0.05, 0) is 25.3 Å². The summed E-state index contributed by atoms with van der Waals surface area (Å²) in [6.45, 7) is 8.60. The van der Waals surface area contributed by atoms with E-state index in [1.54, 1.807) is 6.21 Å². The van der Waals surface area contributed by atoms with Crippen molar-refractivity contribution in [2.75, 3.05) is 36.6 Å². The van der Waals surface area contributed by atoms with Crippen LogP contribution in [0.4, 0.5) is 11.5 Å². The topological polar surface area (TPSA) is 87.1 Å². The van der Waals surface area contributed by atoms with Crippen molar-refractivity contribution in [3.05, 3.63) is 47.5 Å². The van der Waals surface area contributed by atoms with Crippen LogP contribution in [-0.4, -0.2) is 54.2 Å². The van der Waals surface area contributed by atoms with Gasteiger partial charge in [0.05, 0.1) is 12.8 Å². The van der Waals surface area contributed by atoms with Gasteiger partial charge in [-0.3, -0.25) is 19.9 Å². The lowest BCUT2D eigenvalue weighted by Crippen LogP contribution is -2.33. The fourth-order valence-corrected chi connectivity index (χ4v) is 3.75. The van der Waals surface area contributed by atoms with Crippen LogP contribution in [0.25, 0.3) is 0 Å². The van der Waals surface area contributed by atoms with E-state index in [-0.39, 0.29) is 37.8 Å². The van der Waals surface area contributed by atoms with Crippen LogP contribution in [0.15, 0.2) is 41.5 Å². The van der Waals surface area contributed by atoms with Crippen LogP contribution in [0.1, 0.15) is 50.7 Å². The van der Waals surface area contributed by atoms with E-state index in [0.29, 0.717) is 11.7 Å². The maximum Gasteiger partial charge on any atom is 0.229 e. The van der Waals surface area contributed by atoms with E-state index in [2.05, 4.69) is 40.3 Å². The Kier molecular flexibility index (Phi) is 8.80. The summed E-state index contributed by atoms with van der Waals surface area (Å²) < 4.78 is 5.86. The maximum atomic E-state index is 11.8. The van der Waals surface area contributed by atoms with Crippen molar-refractivity contribution in [2.45, 2.75) is 46.5 Å². The normalized spacial score (nSPS) is 13.7. The molecule has 1 aliphatic rings. The minimum Gasteiger partial charge on any atom is -0.476 e. The van der Waals surface area contributed by atoms with Crippen molar-refractivity contribution >= 4 is 29.5 Å². The second-order valence-electron chi connectivity index (χ2n) is 8.11. The number of benzene rings is 1. The van der Waals surface area contributed by atoms with Crippen LogP contribution in [-0.2, 0) is 9.59 Å². The number of hydrogen-bond donors (Lipinski definition) is 1. The van der Waals surface area contributed by atoms with Crippen molar-refractivity contribution in [3.8, 4) is 5.88 Å². The predicted octanol–water partition coefficient (Wildman–Crippen LogP) is 3.99. The van der Waals surface area contributed by atoms with Gasteiger partial charge in [-0.1, -0.05) is 43.7 Å². The van der Waals surface area contributed by atoms with Gasteiger partial charge >= 0.3 is 0 Å². The molecule has 2 amide bonds. The number of anilines is 2. The van der Waals surface area contributed by atoms with Crippen molar-refractivity contribution in [1.82, 2.24) is 9.88 Å². The highest BCUT2D eigenvalue weighted by atomic mass is 16.5. The summed E-state index contributed by atoms with van der Waals surface area (Å²) in [5, 5.41) is 4.34. The zero-order valence-corrected chi connectivity index (χ0v) is 19.7. The summed E-state index contributed by atoms with van der Waals surface area (Å²) >= 11 is 0. The molecule has 8 nitrogen and oxygen atoms in total. The first-order valence-corrected chi connectivity index (χ1v) is 11.6. The first-order chi connectivity index (χ1) is 16.0. The number of imide groups is 1. The van der Waals surface area contributed by atoms with Crippen LogP contribution in [0.3, 0.4) is 0 Å². The number of likely N-dealkylation sites (tertiary alicyclic amines) is 1. The van der Waals surface area contributed by atoms with Crippen LogP contribution >= 0.6 is 0 Å². The Balaban J connectivity index is 1.74. The Labute approximate surface area is 195 Å². The second-order valence-corrected chi connectivity index (χ2v) is 8.11. The smallest absolute Gasteiger partial charge is 0.229 e. The number of nitrogens with one attached hydrogen (secondary N) is 1. The molecule has 0 atom stereocenters. The first kappa shape index (κ1) is 24.2. The summed E-state index contributed by atoms with van der Waals surface area (Å²) in [5.41, 5.74) is 6.16. The van der Waals surface area contributed by atoms with Gasteiger partial charge in [0.25, 0.3) is 0 Å². The molecule has 0 saturated carbocycles. The Bertz CT molecular complexity index is 970. The summed E-state index contributed by atoms with van der Waals surface area (Å²) in [7, 11) is 0. The van der Waals surface area contributed by atoms with E-state index in [1.807, 2.05) is 37.3 Å². The van der Waals surface area contributed by atoms with Gasteiger partial charge in [0.1, 0.15) is 6.61 Å². The largest absolute Gasteiger partial charge is 0.476 e. The van der Waals surface area contributed by atoms with E-state index >= 15 is 0 Å². The Morgan fingerprint density at radius 3 is 2.52 bits per heavy atom. The van der Waals surface area contributed by atoms with Crippen molar-refractivity contribution in [1.29, 1.82) is 0 Å². The number of hydrazone groups is 1. The fourth-order valence-electron chi connectivity index (χ4n) is 3.75. The van der Waals surface area contributed by atoms with Gasteiger partial charge < -0.3 is 9.64 Å². The average molecular weight is 452 g/mol. The van der Waals surface area contributed by atoms with E-state index in [0.717, 1.165) is 37.2 Å². The first-order valence-electron chi connectivity index (χ1n) is 11.6. The van der Waals surface area contributed by atoms with Crippen LogP contribution in [0.5, 0.6) is 5.88 Å². The number of aromatic nitrogens is 1. The van der Waals surface area contributed by atoms with Crippen LogP contribution < -0.4 is 15.1 Å². The van der Waals surface area contributed by atoms with E-state index in [1.165, 1.54) is 10.5 Å². The molecule has 1 aliphatic heterocycles. The number of rotatable bonds is 12. The molecule has 1 saturated heterocycles. The molecule has 2 aromatic rings. The maximum absolute atomic E-state index is 11.8. The van der Waals surface area contributed by atoms with Gasteiger partial charge in [0.15, 0.2) is 5.82 Å². The summed E-state index contributed by atoms with van der Waals surface area (Å²) in [6.07, 6.45) is 4.35. The summed E-state index contributed by atoms with van der Waals surface area (Å²) in [4.78, 5) is 31.7. The number of carbonyl (C=O) groups is 2. The Morgan fingerprint density at radius 2 is 1.85 bits per heavy atom. The number of aryl methyl sites for hydroxylation is 1. The lowest BCUT2D eigenvalue weighted by molar-refractivity contribution is -0.138.